The molecule has 2 atom stereocenters. The van der Waals surface area contributed by atoms with Crippen LogP contribution in [0.25, 0.3) is 0 Å². The van der Waals surface area contributed by atoms with Crippen molar-refractivity contribution in [1.29, 1.82) is 0 Å². The van der Waals surface area contributed by atoms with E-state index in [4.69, 9.17) is 9.47 Å². The van der Waals surface area contributed by atoms with Gasteiger partial charge in [0, 0.05) is 33.2 Å². The molecule has 1 aliphatic heterocycles. The van der Waals surface area contributed by atoms with Crippen LogP contribution in [0, 0.1) is 0 Å². The van der Waals surface area contributed by atoms with E-state index >= 15 is 0 Å². The lowest BCUT2D eigenvalue weighted by atomic mass is 10.2. The molecule has 0 saturated carbocycles. The van der Waals surface area contributed by atoms with Crippen molar-refractivity contribution in [1.82, 2.24) is 20.1 Å². The topological polar surface area (TPSA) is 83.5 Å². The van der Waals surface area contributed by atoms with Gasteiger partial charge in [-0.2, -0.15) is 5.10 Å². The molecule has 108 valence electrons. The summed E-state index contributed by atoms with van der Waals surface area (Å²) in [5.41, 5.74) is 0. The number of rotatable bonds is 6. The SMILES string of the molecule is CCc1nc(C2CN(CC(O)COC)CCO2)n[nH]1. The van der Waals surface area contributed by atoms with Crippen molar-refractivity contribution >= 4 is 0 Å². The minimum Gasteiger partial charge on any atom is -0.389 e. The molecular weight excluding hydrogens is 248 g/mol. The molecule has 1 saturated heterocycles. The van der Waals surface area contributed by atoms with Gasteiger partial charge in [0.15, 0.2) is 5.82 Å². The average molecular weight is 270 g/mol. The average Bonchev–Trinajstić information content (AvgIpc) is 2.88. The van der Waals surface area contributed by atoms with Gasteiger partial charge >= 0.3 is 0 Å². The summed E-state index contributed by atoms with van der Waals surface area (Å²) < 4.78 is 10.6. The van der Waals surface area contributed by atoms with E-state index in [1.807, 2.05) is 6.92 Å². The van der Waals surface area contributed by atoms with E-state index < -0.39 is 6.10 Å². The molecular formula is C12H22N4O3. The summed E-state index contributed by atoms with van der Waals surface area (Å²) in [7, 11) is 1.59. The van der Waals surface area contributed by atoms with Crippen LogP contribution in [0.15, 0.2) is 0 Å². The molecule has 7 heteroatoms. The van der Waals surface area contributed by atoms with Gasteiger partial charge in [-0.25, -0.2) is 4.98 Å². The predicted molar refractivity (Wildman–Crippen MR) is 68.8 cm³/mol. The van der Waals surface area contributed by atoms with E-state index in [9.17, 15) is 5.11 Å². The maximum absolute atomic E-state index is 9.76. The zero-order valence-corrected chi connectivity index (χ0v) is 11.5. The fourth-order valence-corrected chi connectivity index (χ4v) is 2.18. The monoisotopic (exact) mass is 270 g/mol. The summed E-state index contributed by atoms with van der Waals surface area (Å²) in [5.74, 6) is 1.57. The van der Waals surface area contributed by atoms with Crippen molar-refractivity contribution in [3.05, 3.63) is 11.6 Å². The number of morpholine rings is 1. The number of ether oxygens (including phenoxy) is 2. The van der Waals surface area contributed by atoms with Crippen molar-refractivity contribution in [3.8, 4) is 0 Å². The highest BCUT2D eigenvalue weighted by molar-refractivity contribution is 4.96. The van der Waals surface area contributed by atoms with Gasteiger partial charge in [0.2, 0.25) is 0 Å². The Morgan fingerprint density at radius 1 is 1.63 bits per heavy atom. The van der Waals surface area contributed by atoms with Gasteiger partial charge in [-0.05, 0) is 0 Å². The second-order valence-electron chi connectivity index (χ2n) is 4.72. The van der Waals surface area contributed by atoms with E-state index in [1.54, 1.807) is 7.11 Å². The Kier molecular flexibility index (Phi) is 5.26. The maximum atomic E-state index is 9.76. The van der Waals surface area contributed by atoms with Gasteiger partial charge in [0.1, 0.15) is 11.9 Å². The van der Waals surface area contributed by atoms with Crippen LogP contribution >= 0.6 is 0 Å². The number of hydrogen-bond donors (Lipinski definition) is 2. The zero-order valence-electron chi connectivity index (χ0n) is 11.5. The second-order valence-corrected chi connectivity index (χ2v) is 4.72. The largest absolute Gasteiger partial charge is 0.389 e. The summed E-state index contributed by atoms with van der Waals surface area (Å²) in [6, 6.07) is 0. The Labute approximate surface area is 112 Å². The number of aromatic amines is 1. The van der Waals surface area contributed by atoms with Gasteiger partial charge in [0.05, 0.1) is 19.3 Å². The fourth-order valence-electron chi connectivity index (χ4n) is 2.18. The lowest BCUT2D eigenvalue weighted by molar-refractivity contribution is -0.0526. The van der Waals surface area contributed by atoms with Crippen LogP contribution in [0.2, 0.25) is 0 Å². The molecule has 2 N–H and O–H groups in total. The molecule has 0 aromatic carbocycles. The van der Waals surface area contributed by atoms with Crippen LogP contribution in [0.3, 0.4) is 0 Å². The molecule has 19 heavy (non-hydrogen) atoms. The molecule has 1 fully saturated rings. The Morgan fingerprint density at radius 2 is 2.47 bits per heavy atom. The number of β-amino-alcohol motifs (C(OH)–C–C–N with tert-alkyl or cyclic N) is 1. The molecule has 1 aromatic rings. The summed E-state index contributed by atoms with van der Waals surface area (Å²) in [5, 5.41) is 16.8. The van der Waals surface area contributed by atoms with Crippen molar-refractivity contribution < 1.29 is 14.6 Å². The summed E-state index contributed by atoms with van der Waals surface area (Å²) in [6.45, 7) is 5.09. The van der Waals surface area contributed by atoms with E-state index in [0.29, 0.717) is 32.1 Å². The molecule has 2 rings (SSSR count). The van der Waals surface area contributed by atoms with Crippen LogP contribution in [-0.4, -0.2) is 71.2 Å². The number of nitrogens with one attached hydrogen (secondary N) is 1. The Hall–Kier alpha value is -1.02. The number of aliphatic hydroxyl groups is 1. The molecule has 1 aliphatic rings. The van der Waals surface area contributed by atoms with Gasteiger partial charge in [0.25, 0.3) is 0 Å². The number of aryl methyl sites for hydroxylation is 1. The van der Waals surface area contributed by atoms with Gasteiger partial charge in [-0.1, -0.05) is 6.92 Å². The van der Waals surface area contributed by atoms with Crippen molar-refractivity contribution in [2.24, 2.45) is 0 Å². The molecule has 2 unspecified atom stereocenters. The normalized spacial score (nSPS) is 22.6. The van der Waals surface area contributed by atoms with Crippen molar-refractivity contribution in [2.45, 2.75) is 25.6 Å². The third kappa shape index (κ3) is 3.97. The van der Waals surface area contributed by atoms with E-state index in [2.05, 4.69) is 20.1 Å². The van der Waals surface area contributed by atoms with Gasteiger partial charge < -0.3 is 14.6 Å². The molecule has 0 aliphatic carbocycles. The molecule has 1 aromatic heterocycles. The molecule has 0 radical (unpaired) electrons. The first-order chi connectivity index (χ1) is 9.22. The van der Waals surface area contributed by atoms with E-state index in [1.165, 1.54) is 0 Å². The Balaban J connectivity index is 1.89. The zero-order chi connectivity index (χ0) is 13.7. The molecule has 7 nitrogen and oxygen atoms in total. The lowest BCUT2D eigenvalue weighted by Crippen LogP contribution is -2.43. The Morgan fingerprint density at radius 3 is 3.16 bits per heavy atom. The first kappa shape index (κ1) is 14.4. The third-order valence-electron chi connectivity index (χ3n) is 3.15. The highest BCUT2D eigenvalue weighted by atomic mass is 16.5. The van der Waals surface area contributed by atoms with Gasteiger partial charge in [-0.15, -0.1) is 0 Å². The highest BCUT2D eigenvalue weighted by Crippen LogP contribution is 2.19. The number of hydrogen-bond acceptors (Lipinski definition) is 6. The molecule has 0 amide bonds. The lowest BCUT2D eigenvalue weighted by Gasteiger charge is -2.32. The standard InChI is InChI=1S/C12H22N4O3/c1-3-11-13-12(15-14-11)10-7-16(4-5-19-10)6-9(17)8-18-2/h9-10,17H,3-8H2,1-2H3,(H,13,14,15). The van der Waals surface area contributed by atoms with Crippen LogP contribution in [-0.2, 0) is 15.9 Å². The smallest absolute Gasteiger partial charge is 0.180 e. The van der Waals surface area contributed by atoms with Crippen LogP contribution in [0.5, 0.6) is 0 Å². The van der Waals surface area contributed by atoms with Gasteiger partial charge in [-0.3, -0.25) is 10.00 Å². The number of aliphatic hydroxyl groups excluding tert-OH is 1. The number of H-pyrrole nitrogens is 1. The van der Waals surface area contributed by atoms with E-state index in [-0.39, 0.29) is 6.10 Å². The minimum atomic E-state index is -0.470. The van der Waals surface area contributed by atoms with Crippen LogP contribution in [0.1, 0.15) is 24.7 Å². The summed E-state index contributed by atoms with van der Waals surface area (Å²) in [6.07, 6.45) is 0.234. The third-order valence-corrected chi connectivity index (χ3v) is 3.15. The first-order valence-corrected chi connectivity index (χ1v) is 6.65. The number of methoxy groups -OCH3 is 1. The number of nitrogens with zero attached hydrogens (tertiary/aromatic N) is 3. The quantitative estimate of drug-likeness (QED) is 0.741. The molecule has 2 heterocycles. The van der Waals surface area contributed by atoms with Crippen LogP contribution in [0.4, 0.5) is 0 Å². The molecule has 0 spiro atoms. The fraction of sp³-hybridized carbons (Fsp3) is 0.833. The first-order valence-electron chi connectivity index (χ1n) is 6.65. The minimum absolute atomic E-state index is 0.125. The van der Waals surface area contributed by atoms with Crippen LogP contribution < -0.4 is 0 Å². The molecule has 0 bridgehead atoms. The summed E-state index contributed by atoms with van der Waals surface area (Å²) in [4.78, 5) is 6.55. The summed E-state index contributed by atoms with van der Waals surface area (Å²) >= 11 is 0. The highest BCUT2D eigenvalue weighted by Gasteiger charge is 2.26. The number of aromatic nitrogens is 3. The Bertz CT molecular complexity index is 385. The second kappa shape index (κ2) is 6.95. The predicted octanol–water partition coefficient (Wildman–Crippen LogP) is -0.252. The van der Waals surface area contributed by atoms with Crippen molar-refractivity contribution in [3.63, 3.8) is 0 Å². The van der Waals surface area contributed by atoms with E-state index in [0.717, 1.165) is 18.8 Å². The maximum Gasteiger partial charge on any atom is 0.180 e. The van der Waals surface area contributed by atoms with Crippen molar-refractivity contribution in [2.75, 3.05) is 40.0 Å².